The molecule has 102 valence electrons. The zero-order chi connectivity index (χ0) is 14.5. The first-order chi connectivity index (χ1) is 8.81. The maximum atomic E-state index is 13.7. The predicted octanol–water partition coefficient (Wildman–Crippen LogP) is 2.52. The smallest absolute Gasteiger partial charge is 0.412 e. The monoisotopic (exact) mass is 265 g/mol. The molecule has 0 aliphatic carbocycles. The quantitative estimate of drug-likeness (QED) is 0.767. The summed E-state index contributed by atoms with van der Waals surface area (Å²) >= 11 is 0. The van der Waals surface area contributed by atoms with Gasteiger partial charge in [-0.3, -0.25) is 5.32 Å². The Kier molecular flexibility index (Phi) is 4.90. The maximum Gasteiger partial charge on any atom is 0.412 e. The first-order valence-electron chi connectivity index (χ1n) is 5.71. The molecule has 0 bridgehead atoms. The van der Waals surface area contributed by atoms with E-state index in [1.165, 1.54) is 12.1 Å². The summed E-state index contributed by atoms with van der Waals surface area (Å²) in [5.74, 6) is 4.36. The number of halogens is 1. The van der Waals surface area contributed by atoms with Crippen molar-refractivity contribution >= 4 is 11.8 Å². The van der Waals surface area contributed by atoms with Gasteiger partial charge in [0.25, 0.3) is 0 Å². The summed E-state index contributed by atoms with van der Waals surface area (Å²) in [4.78, 5) is 11.5. The number of hydrogen-bond acceptors (Lipinski definition) is 3. The molecule has 0 radical (unpaired) electrons. The first kappa shape index (κ1) is 15.0. The number of rotatable bonds is 1. The van der Waals surface area contributed by atoms with E-state index in [0.29, 0.717) is 5.56 Å². The molecule has 0 spiro atoms. The standard InChI is InChI=1S/C14H16FNO3/c1-14(2,3)19-13(18)16-12-7-6-10(5-4-8-17)9-11(12)15/h6-7,9,17H,8H2,1-3H3,(H,16,18). The summed E-state index contributed by atoms with van der Waals surface area (Å²) in [6.45, 7) is 4.86. The molecule has 19 heavy (non-hydrogen) atoms. The van der Waals surface area contributed by atoms with Crippen LogP contribution in [-0.4, -0.2) is 23.4 Å². The lowest BCUT2D eigenvalue weighted by Gasteiger charge is -2.19. The molecular formula is C14H16FNO3. The van der Waals surface area contributed by atoms with Gasteiger partial charge in [0.05, 0.1) is 5.69 Å². The number of aliphatic hydroxyl groups is 1. The zero-order valence-electron chi connectivity index (χ0n) is 11.1. The number of hydrogen-bond donors (Lipinski definition) is 2. The highest BCUT2D eigenvalue weighted by Gasteiger charge is 2.17. The van der Waals surface area contributed by atoms with Gasteiger partial charge in [0.2, 0.25) is 0 Å². The van der Waals surface area contributed by atoms with Crippen molar-refractivity contribution in [2.75, 3.05) is 11.9 Å². The van der Waals surface area contributed by atoms with E-state index in [9.17, 15) is 9.18 Å². The number of amides is 1. The Bertz CT molecular complexity index is 524. The van der Waals surface area contributed by atoms with Crippen LogP contribution in [0.4, 0.5) is 14.9 Å². The number of anilines is 1. The summed E-state index contributed by atoms with van der Waals surface area (Å²) in [7, 11) is 0. The van der Waals surface area contributed by atoms with E-state index in [-0.39, 0.29) is 12.3 Å². The molecule has 0 aliphatic rings. The molecule has 1 aromatic rings. The zero-order valence-corrected chi connectivity index (χ0v) is 11.1. The highest BCUT2D eigenvalue weighted by molar-refractivity contribution is 5.85. The van der Waals surface area contributed by atoms with E-state index < -0.39 is 17.5 Å². The van der Waals surface area contributed by atoms with Crippen molar-refractivity contribution in [2.45, 2.75) is 26.4 Å². The van der Waals surface area contributed by atoms with Crippen molar-refractivity contribution in [3.8, 4) is 11.8 Å². The van der Waals surface area contributed by atoms with Crippen LogP contribution in [-0.2, 0) is 4.74 Å². The molecule has 0 atom stereocenters. The van der Waals surface area contributed by atoms with E-state index in [4.69, 9.17) is 9.84 Å². The molecule has 0 saturated carbocycles. The van der Waals surface area contributed by atoms with Crippen LogP contribution in [0.5, 0.6) is 0 Å². The van der Waals surface area contributed by atoms with Crippen molar-refractivity contribution in [3.05, 3.63) is 29.6 Å². The van der Waals surface area contributed by atoms with Gasteiger partial charge in [-0.1, -0.05) is 11.8 Å². The van der Waals surface area contributed by atoms with Crippen molar-refractivity contribution in [3.63, 3.8) is 0 Å². The average molecular weight is 265 g/mol. The lowest BCUT2D eigenvalue weighted by molar-refractivity contribution is 0.0635. The lowest BCUT2D eigenvalue weighted by atomic mass is 10.2. The Balaban J connectivity index is 2.78. The van der Waals surface area contributed by atoms with Gasteiger partial charge in [0.1, 0.15) is 18.0 Å². The van der Waals surface area contributed by atoms with E-state index in [0.717, 1.165) is 0 Å². The van der Waals surface area contributed by atoms with E-state index in [1.54, 1.807) is 26.8 Å². The highest BCUT2D eigenvalue weighted by Crippen LogP contribution is 2.17. The predicted molar refractivity (Wildman–Crippen MR) is 70.2 cm³/mol. The second kappa shape index (κ2) is 6.21. The molecule has 1 amide bonds. The fourth-order valence-electron chi connectivity index (χ4n) is 1.25. The minimum absolute atomic E-state index is 0.0174. The van der Waals surface area contributed by atoms with Gasteiger partial charge in [-0.05, 0) is 39.0 Å². The van der Waals surface area contributed by atoms with Crippen LogP contribution < -0.4 is 5.32 Å². The van der Waals surface area contributed by atoms with Gasteiger partial charge >= 0.3 is 6.09 Å². The van der Waals surface area contributed by atoms with E-state index in [1.807, 2.05) is 0 Å². The molecular weight excluding hydrogens is 249 g/mol. The molecule has 0 fully saturated rings. The SMILES string of the molecule is CC(C)(C)OC(=O)Nc1ccc(C#CCO)cc1F. The molecule has 1 rings (SSSR count). The van der Waals surface area contributed by atoms with Crippen LogP contribution in [0.25, 0.3) is 0 Å². The van der Waals surface area contributed by atoms with Crippen LogP contribution in [0.1, 0.15) is 26.3 Å². The van der Waals surface area contributed by atoms with Crippen molar-refractivity contribution in [1.29, 1.82) is 0 Å². The third-order valence-electron chi connectivity index (χ3n) is 1.92. The van der Waals surface area contributed by atoms with E-state index in [2.05, 4.69) is 17.2 Å². The second-order valence-corrected chi connectivity index (χ2v) is 4.78. The van der Waals surface area contributed by atoms with Gasteiger partial charge in [0.15, 0.2) is 0 Å². The molecule has 0 unspecified atom stereocenters. The topological polar surface area (TPSA) is 58.6 Å². The number of nitrogens with one attached hydrogen (secondary N) is 1. The minimum atomic E-state index is -0.722. The van der Waals surface area contributed by atoms with Gasteiger partial charge in [-0.25, -0.2) is 9.18 Å². The molecule has 0 aromatic heterocycles. The number of benzene rings is 1. The Labute approximate surface area is 111 Å². The summed E-state index contributed by atoms with van der Waals surface area (Å²) in [6.07, 6.45) is -0.722. The van der Waals surface area contributed by atoms with Crippen LogP contribution in [0.15, 0.2) is 18.2 Å². The molecule has 0 aliphatic heterocycles. The van der Waals surface area contributed by atoms with Gasteiger partial charge in [0, 0.05) is 5.56 Å². The normalized spacial score (nSPS) is 10.4. The summed E-state index contributed by atoms with van der Waals surface area (Å²) in [5, 5.41) is 10.9. The summed E-state index contributed by atoms with van der Waals surface area (Å²) < 4.78 is 18.7. The second-order valence-electron chi connectivity index (χ2n) is 4.78. The first-order valence-corrected chi connectivity index (χ1v) is 5.71. The Morgan fingerprint density at radius 1 is 1.47 bits per heavy atom. The molecule has 0 saturated heterocycles. The van der Waals surface area contributed by atoms with Crippen LogP contribution in [0.2, 0.25) is 0 Å². The summed E-state index contributed by atoms with van der Waals surface area (Å²) in [6, 6.07) is 4.11. The number of carbonyl (C=O) groups excluding carboxylic acids is 1. The van der Waals surface area contributed by atoms with Crippen LogP contribution >= 0.6 is 0 Å². The molecule has 1 aromatic carbocycles. The minimum Gasteiger partial charge on any atom is -0.444 e. The van der Waals surface area contributed by atoms with Crippen molar-refractivity contribution in [2.24, 2.45) is 0 Å². The van der Waals surface area contributed by atoms with Gasteiger partial charge < -0.3 is 9.84 Å². The van der Waals surface area contributed by atoms with Crippen LogP contribution in [0, 0.1) is 17.7 Å². The largest absolute Gasteiger partial charge is 0.444 e. The molecule has 5 heteroatoms. The molecule has 4 nitrogen and oxygen atoms in total. The van der Waals surface area contributed by atoms with Gasteiger partial charge in [-0.15, -0.1) is 0 Å². The molecule has 2 N–H and O–H groups in total. The Morgan fingerprint density at radius 2 is 2.16 bits per heavy atom. The fraction of sp³-hybridized carbons (Fsp3) is 0.357. The third kappa shape index (κ3) is 5.40. The summed E-state index contributed by atoms with van der Waals surface area (Å²) in [5.41, 5.74) is -0.210. The lowest BCUT2D eigenvalue weighted by Crippen LogP contribution is -2.27. The molecule has 0 heterocycles. The Hall–Kier alpha value is -2.06. The van der Waals surface area contributed by atoms with Crippen molar-refractivity contribution in [1.82, 2.24) is 0 Å². The highest BCUT2D eigenvalue weighted by atomic mass is 19.1. The number of aliphatic hydroxyl groups excluding tert-OH is 1. The van der Waals surface area contributed by atoms with Gasteiger partial charge in [-0.2, -0.15) is 0 Å². The maximum absolute atomic E-state index is 13.7. The number of carbonyl (C=O) groups is 1. The Morgan fingerprint density at radius 3 is 2.68 bits per heavy atom. The van der Waals surface area contributed by atoms with E-state index >= 15 is 0 Å². The van der Waals surface area contributed by atoms with Crippen molar-refractivity contribution < 1.29 is 19.0 Å². The van der Waals surface area contributed by atoms with Crippen LogP contribution in [0.3, 0.4) is 0 Å². The fourth-order valence-corrected chi connectivity index (χ4v) is 1.25. The average Bonchev–Trinajstić information content (AvgIpc) is 2.27. The third-order valence-corrected chi connectivity index (χ3v) is 1.92. The number of ether oxygens (including phenoxy) is 1.